The molecule has 0 bridgehead atoms. The summed E-state index contributed by atoms with van der Waals surface area (Å²) in [5, 5.41) is 12.7. The molecule has 1 spiro atoms. The van der Waals surface area contributed by atoms with Crippen molar-refractivity contribution in [2.24, 2.45) is 11.8 Å². The number of cyclic esters (lactones) is 1. The molecule has 4 aliphatic rings. The smallest absolute Gasteiger partial charge is 0.306 e. The Labute approximate surface area is 262 Å². The fourth-order valence-electron chi connectivity index (χ4n) is 7.15. The zero-order chi connectivity index (χ0) is 31.7. The van der Waals surface area contributed by atoms with E-state index < -0.39 is 41.5 Å². The monoisotopic (exact) mass is 613 g/mol. The molecule has 4 heterocycles. The van der Waals surface area contributed by atoms with Crippen LogP contribution in [-0.4, -0.2) is 77.7 Å². The van der Waals surface area contributed by atoms with E-state index in [2.05, 4.69) is 5.32 Å². The molecule has 0 unspecified atom stereocenters. The van der Waals surface area contributed by atoms with Gasteiger partial charge in [-0.1, -0.05) is 66.8 Å². The maximum Gasteiger partial charge on any atom is 0.306 e. The minimum Gasteiger partial charge on any atom is -0.463 e. The Morgan fingerprint density at radius 3 is 2.60 bits per heavy atom. The number of allylic oxidation sites excluding steroid dienone is 1. The van der Waals surface area contributed by atoms with Crippen molar-refractivity contribution in [2.45, 2.75) is 56.9 Å². The summed E-state index contributed by atoms with van der Waals surface area (Å²) < 4.78 is 12.3. The highest BCUT2D eigenvalue weighted by molar-refractivity contribution is 6.06. The second kappa shape index (κ2) is 12.6. The first-order valence-corrected chi connectivity index (χ1v) is 15.6. The Kier molecular flexibility index (Phi) is 8.61. The normalized spacial score (nSPS) is 30.8. The molecule has 6 rings (SSSR count). The molecule has 10 nitrogen and oxygen atoms in total. The van der Waals surface area contributed by atoms with Gasteiger partial charge in [0.25, 0.3) is 5.91 Å². The van der Waals surface area contributed by atoms with Crippen LogP contribution in [0.5, 0.6) is 0 Å². The average molecular weight is 614 g/mol. The van der Waals surface area contributed by atoms with E-state index in [1.54, 1.807) is 23.1 Å². The molecule has 2 aromatic rings. The summed E-state index contributed by atoms with van der Waals surface area (Å²) in [5.74, 6) is -3.42. The van der Waals surface area contributed by atoms with E-state index in [-0.39, 0.29) is 56.9 Å². The van der Waals surface area contributed by atoms with Gasteiger partial charge in [0.2, 0.25) is 11.8 Å². The van der Waals surface area contributed by atoms with Gasteiger partial charge in [0.15, 0.2) is 0 Å². The van der Waals surface area contributed by atoms with Crippen LogP contribution in [0, 0.1) is 25.7 Å². The van der Waals surface area contributed by atoms with E-state index in [1.807, 2.05) is 68.5 Å². The molecule has 2 fully saturated rings. The number of fused-ring (bicyclic) bond motifs is 2. The van der Waals surface area contributed by atoms with E-state index in [0.717, 1.165) is 22.4 Å². The number of nitrogens with one attached hydrogen (secondary N) is 1. The van der Waals surface area contributed by atoms with Crippen LogP contribution in [0.15, 0.2) is 72.8 Å². The van der Waals surface area contributed by atoms with Gasteiger partial charge in [-0.15, -0.1) is 0 Å². The number of benzene rings is 2. The maximum atomic E-state index is 14.6. The number of carbonyl (C=O) groups excluding carboxylic acids is 4. The largest absolute Gasteiger partial charge is 0.463 e. The van der Waals surface area contributed by atoms with Crippen molar-refractivity contribution in [3.05, 3.63) is 89.5 Å². The van der Waals surface area contributed by atoms with Gasteiger partial charge in [-0.2, -0.15) is 0 Å². The average Bonchev–Trinajstić information content (AvgIpc) is 3.41. The molecule has 236 valence electrons. The Hall–Kier alpha value is -4.28. The van der Waals surface area contributed by atoms with Crippen LogP contribution in [0.3, 0.4) is 0 Å². The predicted molar refractivity (Wildman–Crippen MR) is 166 cm³/mol. The molecule has 0 aliphatic carbocycles. The van der Waals surface area contributed by atoms with Gasteiger partial charge in [0, 0.05) is 31.8 Å². The van der Waals surface area contributed by atoms with Crippen molar-refractivity contribution in [2.75, 3.05) is 31.2 Å². The minimum atomic E-state index is -1.41. The molecular weight excluding hydrogens is 574 g/mol. The Morgan fingerprint density at radius 2 is 1.82 bits per heavy atom. The van der Waals surface area contributed by atoms with Gasteiger partial charge in [-0.05, 0) is 49.4 Å². The summed E-state index contributed by atoms with van der Waals surface area (Å²) in [6, 6.07) is 13.4. The second-order valence-electron chi connectivity index (χ2n) is 12.2. The lowest BCUT2D eigenvalue weighted by atomic mass is 9.77. The molecule has 0 saturated carbocycles. The number of hydrogen-bond acceptors (Lipinski definition) is 7. The molecule has 10 heteroatoms. The quantitative estimate of drug-likeness (QED) is 0.393. The van der Waals surface area contributed by atoms with Crippen LogP contribution in [-0.2, 0) is 28.7 Å². The molecule has 45 heavy (non-hydrogen) atoms. The Bertz CT molecular complexity index is 1540. The highest BCUT2D eigenvalue weighted by Gasteiger charge is 2.71. The van der Waals surface area contributed by atoms with Gasteiger partial charge < -0.3 is 29.7 Å². The van der Waals surface area contributed by atoms with Gasteiger partial charge in [0.1, 0.15) is 18.2 Å². The second-order valence-corrected chi connectivity index (χ2v) is 12.2. The van der Waals surface area contributed by atoms with Crippen LogP contribution >= 0.6 is 0 Å². The highest BCUT2D eigenvalue weighted by atomic mass is 16.5. The van der Waals surface area contributed by atoms with Crippen molar-refractivity contribution in [3.8, 4) is 0 Å². The van der Waals surface area contributed by atoms with E-state index in [0.29, 0.717) is 6.42 Å². The lowest BCUT2D eigenvalue weighted by molar-refractivity contribution is -0.146. The number of amides is 3. The van der Waals surface area contributed by atoms with E-state index >= 15 is 0 Å². The number of likely N-dealkylation sites (tertiary alicyclic amines) is 1. The van der Waals surface area contributed by atoms with Crippen molar-refractivity contribution in [1.29, 1.82) is 0 Å². The third kappa shape index (κ3) is 5.57. The summed E-state index contributed by atoms with van der Waals surface area (Å²) >= 11 is 0. The molecule has 2 saturated heterocycles. The molecule has 2 N–H and O–H groups in total. The van der Waals surface area contributed by atoms with E-state index in [9.17, 15) is 24.3 Å². The zero-order valence-corrected chi connectivity index (χ0v) is 25.6. The number of rotatable bonds is 5. The number of esters is 1. The molecule has 0 radical (unpaired) electrons. The summed E-state index contributed by atoms with van der Waals surface area (Å²) in [6.07, 6.45) is 7.13. The van der Waals surface area contributed by atoms with Gasteiger partial charge in [0.05, 0.1) is 24.0 Å². The molecule has 4 aliphatic heterocycles. The van der Waals surface area contributed by atoms with Crippen LogP contribution < -0.4 is 10.2 Å². The number of nitrogens with zero attached hydrogens (tertiary/aromatic N) is 2. The number of aliphatic hydroxyl groups excluding tert-OH is 1. The van der Waals surface area contributed by atoms with E-state index in [1.165, 1.54) is 4.90 Å². The summed E-state index contributed by atoms with van der Waals surface area (Å²) in [4.78, 5) is 59.0. The Balaban J connectivity index is 1.43. The predicted octanol–water partition coefficient (Wildman–Crippen LogP) is 2.92. The van der Waals surface area contributed by atoms with Crippen molar-refractivity contribution >= 4 is 29.4 Å². The standard InChI is InChI=1S/C35H39N3O7/c1-22-14-15-23(2)26(20-22)37-17-8-16-35-30(33(42)38(18-9-19-39)31(35)34(37)43)29-27(45-35)12-6-7-13-28(40)44-21-25(36-32(29)41)24-10-4-3-5-11-24/h3-6,8,10-12,14-16,20,25,27,29-31,39H,7,9,13,17-19,21H2,1-2H3,(H,36,41)/b12-6-/t25-,27+,29-,30-,31+,35-/m1/s1. The number of hydrogen-bond donors (Lipinski definition) is 2. The van der Waals surface area contributed by atoms with Gasteiger partial charge >= 0.3 is 5.97 Å². The van der Waals surface area contributed by atoms with Gasteiger partial charge in [-0.3, -0.25) is 19.2 Å². The summed E-state index contributed by atoms with van der Waals surface area (Å²) in [7, 11) is 0. The lowest BCUT2D eigenvalue weighted by Gasteiger charge is -2.35. The van der Waals surface area contributed by atoms with Crippen molar-refractivity contribution < 1.29 is 33.8 Å². The highest BCUT2D eigenvalue weighted by Crippen LogP contribution is 2.53. The number of ether oxygens (including phenoxy) is 2. The Morgan fingerprint density at radius 1 is 1.02 bits per heavy atom. The van der Waals surface area contributed by atoms with Gasteiger partial charge in [-0.25, -0.2) is 0 Å². The lowest BCUT2D eigenvalue weighted by Crippen LogP contribution is -2.55. The number of aliphatic hydroxyl groups is 1. The first-order valence-electron chi connectivity index (χ1n) is 15.6. The van der Waals surface area contributed by atoms with E-state index in [4.69, 9.17) is 9.47 Å². The van der Waals surface area contributed by atoms with Crippen LogP contribution in [0.4, 0.5) is 5.69 Å². The van der Waals surface area contributed by atoms with Crippen LogP contribution in [0.2, 0.25) is 0 Å². The fraction of sp³-hybridized carbons (Fsp3) is 0.429. The fourth-order valence-corrected chi connectivity index (χ4v) is 7.15. The molecule has 2 aromatic carbocycles. The molecule has 0 aromatic heterocycles. The number of aryl methyl sites for hydroxylation is 2. The van der Waals surface area contributed by atoms with Crippen molar-refractivity contribution in [3.63, 3.8) is 0 Å². The van der Waals surface area contributed by atoms with Crippen molar-refractivity contribution in [1.82, 2.24) is 10.2 Å². The first kappa shape index (κ1) is 30.7. The molecule has 3 amide bonds. The third-order valence-electron chi connectivity index (χ3n) is 9.28. The summed E-state index contributed by atoms with van der Waals surface area (Å²) in [6.45, 7) is 4.09. The molecule has 6 atom stereocenters. The van der Waals surface area contributed by atoms with Crippen LogP contribution in [0.1, 0.15) is 42.0 Å². The topological polar surface area (TPSA) is 125 Å². The third-order valence-corrected chi connectivity index (χ3v) is 9.28. The summed E-state index contributed by atoms with van der Waals surface area (Å²) in [5.41, 5.74) is 2.00. The maximum absolute atomic E-state index is 14.6. The zero-order valence-electron chi connectivity index (χ0n) is 25.6. The van der Waals surface area contributed by atoms with Crippen LogP contribution in [0.25, 0.3) is 0 Å². The molecular formula is C35H39N3O7. The SMILES string of the molecule is Cc1ccc(C)c(N2CC=C[C@@]34O[C@H]5/C=C\CCC(=O)OC[C@H](c6ccccc6)NC(=O)[C@H]5[C@@H]3C(=O)N(CCCO)[C@H]4C2=O)c1. The first-order chi connectivity index (χ1) is 21.7. The minimum absolute atomic E-state index is 0.0608. The number of anilines is 1. The number of carbonyl (C=O) groups is 4.